The van der Waals surface area contributed by atoms with Gasteiger partial charge >= 0.3 is 0 Å². The second-order valence-electron chi connectivity index (χ2n) is 4.07. The van der Waals surface area contributed by atoms with E-state index < -0.39 is 0 Å². The Bertz CT molecular complexity index is 456. The number of Topliss-reactive ketones (excluding diaryl/α,β-unsaturated/α-hetero) is 1. The van der Waals surface area contributed by atoms with Crippen LogP contribution in [0.2, 0.25) is 5.02 Å². The summed E-state index contributed by atoms with van der Waals surface area (Å²) < 4.78 is 0. The predicted octanol–water partition coefficient (Wildman–Crippen LogP) is 2.43. The molecule has 0 saturated heterocycles. The number of benzene rings is 1. The van der Waals surface area contributed by atoms with Crippen LogP contribution in [0.15, 0.2) is 18.2 Å². The third kappa shape index (κ3) is 2.25. The van der Waals surface area contributed by atoms with Crippen LogP contribution in [-0.2, 0) is 16.0 Å². The Morgan fingerprint density at radius 1 is 1.44 bits per heavy atom. The van der Waals surface area contributed by atoms with E-state index in [4.69, 9.17) is 11.6 Å². The summed E-state index contributed by atoms with van der Waals surface area (Å²) >= 11 is 5.90. The number of amides is 1. The Balaban J connectivity index is 2.39. The van der Waals surface area contributed by atoms with E-state index in [0.29, 0.717) is 11.4 Å². The van der Waals surface area contributed by atoms with Crippen molar-refractivity contribution in [2.45, 2.75) is 19.8 Å². The van der Waals surface area contributed by atoms with Crippen molar-refractivity contribution in [2.24, 2.45) is 5.92 Å². The highest BCUT2D eigenvalue weighted by atomic mass is 35.5. The largest absolute Gasteiger partial charge is 0.326 e. The fraction of sp³-hybridized carbons (Fsp3) is 0.333. The van der Waals surface area contributed by atoms with Gasteiger partial charge in [0.15, 0.2) is 0 Å². The molecule has 84 valence electrons. The summed E-state index contributed by atoms with van der Waals surface area (Å²) in [7, 11) is 0. The molecule has 1 N–H and O–H groups in total. The Hall–Kier alpha value is -1.35. The van der Waals surface area contributed by atoms with E-state index in [1.54, 1.807) is 18.2 Å². The van der Waals surface area contributed by atoms with Crippen molar-refractivity contribution in [1.82, 2.24) is 0 Å². The van der Waals surface area contributed by atoms with Gasteiger partial charge in [-0.2, -0.15) is 0 Å². The maximum atomic E-state index is 11.5. The number of fused-ring (bicyclic) bond motifs is 1. The van der Waals surface area contributed by atoms with Gasteiger partial charge in [0, 0.05) is 23.0 Å². The zero-order valence-corrected chi connectivity index (χ0v) is 9.67. The maximum absolute atomic E-state index is 11.5. The average molecular weight is 238 g/mol. The van der Waals surface area contributed by atoms with Gasteiger partial charge in [-0.25, -0.2) is 0 Å². The molecule has 3 nitrogen and oxygen atoms in total. The molecular formula is C12H12ClNO2. The minimum Gasteiger partial charge on any atom is -0.326 e. The molecule has 0 aliphatic carbocycles. The molecule has 0 aromatic heterocycles. The highest BCUT2D eigenvalue weighted by molar-refractivity contribution is 6.30. The number of ketones is 1. The summed E-state index contributed by atoms with van der Waals surface area (Å²) in [6, 6.07) is 5.31. The van der Waals surface area contributed by atoms with Crippen LogP contribution in [0.5, 0.6) is 0 Å². The predicted molar refractivity (Wildman–Crippen MR) is 62.6 cm³/mol. The minimum atomic E-state index is -0.236. The first kappa shape index (κ1) is 11.1. The molecule has 1 aliphatic heterocycles. The van der Waals surface area contributed by atoms with Crippen LogP contribution in [0.3, 0.4) is 0 Å². The number of hydrogen-bond donors (Lipinski definition) is 1. The van der Waals surface area contributed by atoms with E-state index in [1.807, 2.05) is 0 Å². The Morgan fingerprint density at radius 2 is 2.19 bits per heavy atom. The SMILES string of the molecule is CC(=O)C1CC(=O)Nc2ccc(Cl)cc2C1. The molecular weight excluding hydrogens is 226 g/mol. The van der Waals surface area contributed by atoms with Crippen LogP contribution >= 0.6 is 11.6 Å². The second-order valence-corrected chi connectivity index (χ2v) is 4.50. The molecule has 16 heavy (non-hydrogen) atoms. The highest BCUT2D eigenvalue weighted by Crippen LogP contribution is 2.28. The number of anilines is 1. The molecule has 0 saturated carbocycles. The number of halogens is 1. The van der Waals surface area contributed by atoms with Gasteiger partial charge in [-0.05, 0) is 37.1 Å². The second kappa shape index (κ2) is 4.26. The molecule has 1 aromatic carbocycles. The van der Waals surface area contributed by atoms with Gasteiger partial charge in [-0.15, -0.1) is 0 Å². The van der Waals surface area contributed by atoms with Gasteiger partial charge in [-0.1, -0.05) is 11.6 Å². The average Bonchev–Trinajstić information content (AvgIpc) is 2.36. The van der Waals surface area contributed by atoms with Gasteiger partial charge in [-0.3, -0.25) is 9.59 Å². The number of hydrogen-bond acceptors (Lipinski definition) is 2. The zero-order valence-electron chi connectivity index (χ0n) is 8.92. The summed E-state index contributed by atoms with van der Waals surface area (Å²) in [5.41, 5.74) is 1.69. The third-order valence-corrected chi connectivity index (χ3v) is 3.05. The fourth-order valence-corrected chi connectivity index (χ4v) is 2.10. The minimum absolute atomic E-state index is 0.0444. The highest BCUT2D eigenvalue weighted by Gasteiger charge is 2.24. The first-order valence-electron chi connectivity index (χ1n) is 5.15. The topological polar surface area (TPSA) is 46.2 Å². The lowest BCUT2D eigenvalue weighted by atomic mass is 9.93. The Morgan fingerprint density at radius 3 is 2.88 bits per heavy atom. The van der Waals surface area contributed by atoms with Crippen molar-refractivity contribution >= 4 is 29.0 Å². The van der Waals surface area contributed by atoms with Gasteiger partial charge in [0.1, 0.15) is 5.78 Å². The lowest BCUT2D eigenvalue weighted by molar-refractivity contribution is -0.125. The monoisotopic (exact) mass is 237 g/mol. The van der Waals surface area contributed by atoms with Crippen molar-refractivity contribution in [3.8, 4) is 0 Å². The van der Waals surface area contributed by atoms with Crippen LogP contribution in [0.25, 0.3) is 0 Å². The first-order chi connectivity index (χ1) is 7.56. The Kier molecular flexibility index (Phi) is 2.97. The van der Waals surface area contributed by atoms with Gasteiger partial charge in [0.25, 0.3) is 0 Å². The van der Waals surface area contributed by atoms with Crippen molar-refractivity contribution in [1.29, 1.82) is 0 Å². The molecule has 0 radical (unpaired) electrons. The van der Waals surface area contributed by atoms with E-state index in [9.17, 15) is 9.59 Å². The van der Waals surface area contributed by atoms with Crippen LogP contribution in [0.1, 0.15) is 18.9 Å². The molecule has 0 bridgehead atoms. The summed E-state index contributed by atoms with van der Waals surface area (Å²) in [6.45, 7) is 1.52. The molecule has 1 aliphatic rings. The van der Waals surface area contributed by atoms with Crippen molar-refractivity contribution in [2.75, 3.05) is 5.32 Å². The van der Waals surface area contributed by atoms with Gasteiger partial charge < -0.3 is 5.32 Å². The summed E-state index contributed by atoms with van der Waals surface area (Å²) in [6.07, 6.45) is 0.825. The molecule has 0 fully saturated rings. The molecule has 1 amide bonds. The number of nitrogens with one attached hydrogen (secondary N) is 1. The van der Waals surface area contributed by atoms with E-state index in [2.05, 4.69) is 5.32 Å². The van der Waals surface area contributed by atoms with Crippen LogP contribution < -0.4 is 5.32 Å². The summed E-state index contributed by atoms with van der Waals surface area (Å²) in [4.78, 5) is 22.9. The molecule has 1 heterocycles. The molecule has 1 aromatic rings. The van der Waals surface area contributed by atoms with E-state index in [1.165, 1.54) is 6.92 Å². The lowest BCUT2D eigenvalue weighted by Crippen LogP contribution is -2.18. The third-order valence-electron chi connectivity index (χ3n) is 2.81. The zero-order chi connectivity index (χ0) is 11.7. The number of carbonyl (C=O) groups excluding carboxylic acids is 2. The molecule has 1 atom stereocenters. The van der Waals surface area contributed by atoms with Crippen molar-refractivity contribution in [3.05, 3.63) is 28.8 Å². The number of rotatable bonds is 1. The first-order valence-corrected chi connectivity index (χ1v) is 5.53. The summed E-state index contributed by atoms with van der Waals surface area (Å²) in [5, 5.41) is 3.41. The van der Waals surface area contributed by atoms with Crippen LogP contribution in [0.4, 0.5) is 5.69 Å². The van der Waals surface area contributed by atoms with Gasteiger partial charge in [0.2, 0.25) is 5.91 Å². The van der Waals surface area contributed by atoms with E-state index in [-0.39, 0.29) is 24.0 Å². The molecule has 0 spiro atoms. The van der Waals surface area contributed by atoms with Crippen molar-refractivity contribution in [3.63, 3.8) is 0 Å². The van der Waals surface area contributed by atoms with E-state index >= 15 is 0 Å². The fourth-order valence-electron chi connectivity index (χ4n) is 1.90. The normalized spacial score (nSPS) is 19.6. The lowest BCUT2D eigenvalue weighted by Gasteiger charge is -2.09. The van der Waals surface area contributed by atoms with Crippen LogP contribution in [0, 0.1) is 5.92 Å². The van der Waals surface area contributed by atoms with E-state index in [0.717, 1.165) is 11.3 Å². The molecule has 1 unspecified atom stereocenters. The number of carbonyl (C=O) groups is 2. The van der Waals surface area contributed by atoms with Gasteiger partial charge in [0.05, 0.1) is 0 Å². The molecule has 4 heteroatoms. The summed E-state index contributed by atoms with van der Waals surface area (Å²) in [5.74, 6) is -0.302. The van der Waals surface area contributed by atoms with Crippen molar-refractivity contribution < 1.29 is 9.59 Å². The standard InChI is InChI=1S/C12H12ClNO2/c1-7(15)8-4-9-5-10(13)2-3-11(9)14-12(16)6-8/h2-3,5,8H,4,6H2,1H3,(H,14,16). The smallest absolute Gasteiger partial charge is 0.225 e. The quantitative estimate of drug-likeness (QED) is 0.816. The Labute approximate surface area is 98.8 Å². The molecule has 2 rings (SSSR count). The van der Waals surface area contributed by atoms with Crippen LogP contribution in [-0.4, -0.2) is 11.7 Å². The maximum Gasteiger partial charge on any atom is 0.225 e.